The first-order valence-corrected chi connectivity index (χ1v) is 7.02. The molecule has 0 spiro atoms. The van der Waals surface area contributed by atoms with Gasteiger partial charge in [0.15, 0.2) is 0 Å². The fraction of sp³-hybridized carbons (Fsp3) is 0.462. The van der Waals surface area contributed by atoms with Gasteiger partial charge in [-0.1, -0.05) is 6.07 Å². The Kier molecular flexibility index (Phi) is 4.10. The van der Waals surface area contributed by atoms with Crippen molar-refractivity contribution in [3.05, 3.63) is 33.8 Å². The third-order valence-corrected chi connectivity index (χ3v) is 4.30. The van der Waals surface area contributed by atoms with Crippen molar-refractivity contribution in [3.63, 3.8) is 0 Å². The molecular formula is C13H15BrClNO. The van der Waals surface area contributed by atoms with E-state index >= 15 is 0 Å². The molecule has 2 nitrogen and oxygen atoms in total. The number of halogens is 2. The molecule has 1 aliphatic rings. The summed E-state index contributed by atoms with van der Waals surface area (Å²) >= 11 is 9.57. The Morgan fingerprint density at radius 1 is 1.47 bits per heavy atom. The van der Waals surface area contributed by atoms with Crippen molar-refractivity contribution in [2.45, 2.75) is 37.6 Å². The summed E-state index contributed by atoms with van der Waals surface area (Å²) in [5, 5.41) is 3.08. The topological polar surface area (TPSA) is 29.1 Å². The molecule has 1 saturated carbocycles. The quantitative estimate of drug-likeness (QED) is 0.829. The Morgan fingerprint density at radius 3 is 2.82 bits per heavy atom. The van der Waals surface area contributed by atoms with E-state index in [0.29, 0.717) is 5.56 Å². The van der Waals surface area contributed by atoms with E-state index in [1.165, 1.54) is 0 Å². The highest BCUT2D eigenvalue weighted by Crippen LogP contribution is 2.25. The molecule has 4 heteroatoms. The molecule has 1 aliphatic carbocycles. The lowest BCUT2D eigenvalue weighted by molar-refractivity contribution is 0.0937. The summed E-state index contributed by atoms with van der Waals surface area (Å²) < 4.78 is 0.833. The van der Waals surface area contributed by atoms with Gasteiger partial charge in [-0.2, -0.15) is 0 Å². The van der Waals surface area contributed by atoms with Crippen LogP contribution in [-0.2, 0) is 0 Å². The molecule has 0 aliphatic heterocycles. The average molecular weight is 317 g/mol. The Labute approximate surface area is 115 Å². The van der Waals surface area contributed by atoms with Gasteiger partial charge in [0, 0.05) is 10.5 Å². The SMILES string of the molecule is Cc1ccc(C(=O)NC2CCCC2Cl)c(Br)c1. The van der Waals surface area contributed by atoms with Crippen molar-refractivity contribution in [3.8, 4) is 0 Å². The van der Waals surface area contributed by atoms with Crippen LogP contribution in [0.3, 0.4) is 0 Å². The lowest BCUT2D eigenvalue weighted by Gasteiger charge is -2.16. The first kappa shape index (κ1) is 12.9. The average Bonchev–Trinajstić information content (AvgIpc) is 2.64. The van der Waals surface area contributed by atoms with Crippen molar-refractivity contribution in [2.24, 2.45) is 0 Å². The van der Waals surface area contributed by atoms with Gasteiger partial charge in [0.05, 0.1) is 10.9 Å². The highest BCUT2D eigenvalue weighted by molar-refractivity contribution is 9.10. The van der Waals surface area contributed by atoms with Crippen LogP contribution in [0.2, 0.25) is 0 Å². The third-order valence-electron chi connectivity index (χ3n) is 3.12. The minimum absolute atomic E-state index is 0.0468. The second kappa shape index (κ2) is 5.40. The Hall–Kier alpha value is -0.540. The third kappa shape index (κ3) is 3.02. The fourth-order valence-corrected chi connectivity index (χ4v) is 3.14. The molecule has 1 aromatic carbocycles. The molecule has 2 atom stereocenters. The standard InChI is InChI=1S/C13H15BrClNO/c1-8-5-6-9(10(14)7-8)13(17)16-12-4-2-3-11(12)15/h5-7,11-12H,2-4H2,1H3,(H,16,17). The van der Waals surface area contributed by atoms with Crippen LogP contribution in [0.25, 0.3) is 0 Å². The van der Waals surface area contributed by atoms with Crippen LogP contribution in [0, 0.1) is 6.92 Å². The molecular weight excluding hydrogens is 302 g/mol. The van der Waals surface area contributed by atoms with Crippen LogP contribution in [0.4, 0.5) is 0 Å². The summed E-state index contributed by atoms with van der Waals surface area (Å²) in [4.78, 5) is 12.1. The van der Waals surface area contributed by atoms with E-state index in [9.17, 15) is 4.79 Å². The van der Waals surface area contributed by atoms with Gasteiger partial charge in [0.25, 0.3) is 5.91 Å². The molecule has 0 aromatic heterocycles. The predicted molar refractivity (Wildman–Crippen MR) is 73.6 cm³/mol. The molecule has 2 unspecified atom stereocenters. The second-order valence-corrected chi connectivity index (χ2v) is 5.93. The van der Waals surface area contributed by atoms with E-state index in [4.69, 9.17) is 11.6 Å². The summed E-state index contributed by atoms with van der Waals surface area (Å²) in [6.07, 6.45) is 3.05. The number of hydrogen-bond donors (Lipinski definition) is 1. The monoisotopic (exact) mass is 315 g/mol. The highest BCUT2D eigenvalue weighted by Gasteiger charge is 2.27. The van der Waals surface area contributed by atoms with Gasteiger partial charge in [0.1, 0.15) is 0 Å². The first-order chi connectivity index (χ1) is 8.08. The van der Waals surface area contributed by atoms with E-state index in [-0.39, 0.29) is 17.3 Å². The molecule has 1 amide bonds. The van der Waals surface area contributed by atoms with Gasteiger partial charge in [-0.05, 0) is 59.8 Å². The van der Waals surface area contributed by atoms with Crippen LogP contribution in [0.15, 0.2) is 22.7 Å². The van der Waals surface area contributed by atoms with Gasteiger partial charge < -0.3 is 5.32 Å². The fourth-order valence-electron chi connectivity index (χ4n) is 2.13. The summed E-state index contributed by atoms with van der Waals surface area (Å²) in [7, 11) is 0. The van der Waals surface area contributed by atoms with Crippen LogP contribution in [0.1, 0.15) is 35.2 Å². The minimum atomic E-state index is -0.0468. The zero-order valence-corrected chi connectivity index (χ0v) is 12.0. The lowest BCUT2D eigenvalue weighted by atomic mass is 10.1. The van der Waals surface area contributed by atoms with Crippen LogP contribution in [-0.4, -0.2) is 17.3 Å². The molecule has 0 saturated heterocycles. The number of benzene rings is 1. The van der Waals surface area contributed by atoms with Crippen molar-refractivity contribution in [1.82, 2.24) is 5.32 Å². The summed E-state index contributed by atoms with van der Waals surface area (Å²) in [5.74, 6) is -0.0468. The summed E-state index contributed by atoms with van der Waals surface area (Å²) in [5.41, 5.74) is 1.80. The van der Waals surface area contributed by atoms with Gasteiger partial charge in [-0.3, -0.25) is 4.79 Å². The van der Waals surface area contributed by atoms with E-state index < -0.39 is 0 Å². The molecule has 17 heavy (non-hydrogen) atoms. The number of alkyl halides is 1. The van der Waals surface area contributed by atoms with Gasteiger partial charge in [0.2, 0.25) is 0 Å². The minimum Gasteiger partial charge on any atom is -0.348 e. The molecule has 1 aromatic rings. The zero-order chi connectivity index (χ0) is 12.4. The van der Waals surface area contributed by atoms with Gasteiger partial charge in [-0.15, -0.1) is 11.6 Å². The van der Waals surface area contributed by atoms with Crippen LogP contribution in [0.5, 0.6) is 0 Å². The maximum Gasteiger partial charge on any atom is 0.252 e. The smallest absolute Gasteiger partial charge is 0.252 e. The highest BCUT2D eigenvalue weighted by atomic mass is 79.9. The molecule has 92 valence electrons. The van der Waals surface area contributed by atoms with Crippen molar-refractivity contribution in [2.75, 3.05) is 0 Å². The molecule has 1 N–H and O–H groups in total. The Morgan fingerprint density at radius 2 is 2.24 bits per heavy atom. The normalized spacial score (nSPS) is 23.7. The number of hydrogen-bond acceptors (Lipinski definition) is 1. The maximum absolute atomic E-state index is 12.1. The molecule has 0 bridgehead atoms. The van der Waals surface area contributed by atoms with Crippen LogP contribution >= 0.6 is 27.5 Å². The molecule has 1 fully saturated rings. The van der Waals surface area contributed by atoms with E-state index in [2.05, 4.69) is 21.2 Å². The van der Waals surface area contributed by atoms with Crippen LogP contribution < -0.4 is 5.32 Å². The lowest BCUT2D eigenvalue weighted by Crippen LogP contribution is -2.38. The van der Waals surface area contributed by atoms with E-state index in [0.717, 1.165) is 29.3 Å². The number of carbonyl (C=O) groups excluding carboxylic acids is 1. The van der Waals surface area contributed by atoms with Gasteiger partial charge in [-0.25, -0.2) is 0 Å². The predicted octanol–water partition coefficient (Wildman–Crippen LogP) is 3.65. The van der Waals surface area contributed by atoms with Crippen molar-refractivity contribution in [1.29, 1.82) is 0 Å². The van der Waals surface area contributed by atoms with Gasteiger partial charge >= 0.3 is 0 Å². The Balaban J connectivity index is 2.09. The zero-order valence-electron chi connectivity index (χ0n) is 9.67. The molecule has 0 heterocycles. The van der Waals surface area contributed by atoms with Crippen molar-refractivity contribution >= 4 is 33.4 Å². The maximum atomic E-state index is 12.1. The van der Waals surface area contributed by atoms with E-state index in [1.807, 2.05) is 25.1 Å². The number of aryl methyl sites for hydroxylation is 1. The number of amides is 1. The second-order valence-electron chi connectivity index (χ2n) is 4.51. The number of nitrogens with one attached hydrogen (secondary N) is 1. The summed E-state index contributed by atoms with van der Waals surface area (Å²) in [6.45, 7) is 2.00. The van der Waals surface area contributed by atoms with E-state index in [1.54, 1.807) is 0 Å². The largest absolute Gasteiger partial charge is 0.348 e. The first-order valence-electron chi connectivity index (χ1n) is 5.79. The number of rotatable bonds is 2. The summed E-state index contributed by atoms with van der Waals surface area (Å²) in [6, 6.07) is 5.83. The molecule has 2 rings (SSSR count). The number of carbonyl (C=O) groups is 1. The van der Waals surface area contributed by atoms with Crippen molar-refractivity contribution < 1.29 is 4.79 Å². The molecule has 0 radical (unpaired) electrons. The Bertz CT molecular complexity index is 435.